The van der Waals surface area contributed by atoms with Crippen LogP contribution >= 0.6 is 11.6 Å². The summed E-state index contributed by atoms with van der Waals surface area (Å²) >= 11 is 5.96. The van der Waals surface area contributed by atoms with E-state index in [4.69, 9.17) is 21.1 Å². The van der Waals surface area contributed by atoms with Crippen LogP contribution in [0.2, 0.25) is 5.02 Å². The van der Waals surface area contributed by atoms with Crippen LogP contribution in [0.3, 0.4) is 0 Å². The van der Waals surface area contributed by atoms with Crippen LogP contribution in [0.25, 0.3) is 0 Å². The molecule has 0 aromatic heterocycles. The number of sulfonamides is 1. The summed E-state index contributed by atoms with van der Waals surface area (Å²) < 4.78 is 38.6. The molecule has 0 saturated carbocycles. The van der Waals surface area contributed by atoms with Gasteiger partial charge in [0.2, 0.25) is 0 Å². The van der Waals surface area contributed by atoms with Crippen LogP contribution in [0.15, 0.2) is 41.3 Å². The van der Waals surface area contributed by atoms with Crippen LogP contribution in [0, 0.1) is 0 Å². The van der Waals surface area contributed by atoms with Gasteiger partial charge in [0, 0.05) is 5.02 Å². The average molecular weight is 370 g/mol. The Morgan fingerprint density at radius 2 is 1.62 bits per heavy atom. The van der Waals surface area contributed by atoms with E-state index in [2.05, 4.69) is 4.72 Å². The molecule has 0 heterocycles. The number of hydrogen-bond acceptors (Lipinski definition) is 4. The largest absolute Gasteiger partial charge is 0.495 e. The molecule has 0 radical (unpaired) electrons. The lowest BCUT2D eigenvalue weighted by Crippen LogP contribution is -2.15. The van der Waals surface area contributed by atoms with Gasteiger partial charge in [-0.05, 0) is 41.8 Å². The molecule has 0 spiro atoms. The molecule has 0 unspecified atom stereocenters. The summed E-state index contributed by atoms with van der Waals surface area (Å²) in [5.41, 5.74) is 1.16. The van der Waals surface area contributed by atoms with Crippen molar-refractivity contribution in [3.8, 4) is 11.5 Å². The first-order chi connectivity index (χ1) is 11.3. The molecule has 2 aromatic rings. The SMILES string of the molecule is COc1ccc(Cl)cc1NS(=O)(=O)c1cc(C(C)C)ccc1OC. The van der Waals surface area contributed by atoms with Crippen molar-refractivity contribution in [2.45, 2.75) is 24.7 Å². The second kappa shape index (κ2) is 7.32. The van der Waals surface area contributed by atoms with Gasteiger partial charge in [0.25, 0.3) is 10.0 Å². The lowest BCUT2D eigenvalue weighted by atomic mass is 10.0. The van der Waals surface area contributed by atoms with Crippen LogP contribution < -0.4 is 14.2 Å². The van der Waals surface area contributed by atoms with Crippen LogP contribution in [-0.2, 0) is 10.0 Å². The summed E-state index contributed by atoms with van der Waals surface area (Å²) in [6, 6.07) is 9.83. The molecule has 5 nitrogen and oxygen atoms in total. The van der Waals surface area contributed by atoms with E-state index in [1.807, 2.05) is 19.9 Å². The van der Waals surface area contributed by atoms with E-state index in [0.717, 1.165) is 5.56 Å². The molecule has 7 heteroatoms. The molecule has 0 fully saturated rings. The van der Waals surface area contributed by atoms with Crippen molar-refractivity contribution >= 4 is 27.3 Å². The van der Waals surface area contributed by atoms with Crippen LogP contribution in [0.4, 0.5) is 5.69 Å². The zero-order chi connectivity index (χ0) is 17.9. The lowest BCUT2D eigenvalue weighted by Gasteiger charge is -2.16. The molecule has 0 amide bonds. The van der Waals surface area contributed by atoms with Gasteiger partial charge < -0.3 is 9.47 Å². The van der Waals surface area contributed by atoms with Crippen LogP contribution in [0.5, 0.6) is 11.5 Å². The Kier molecular flexibility index (Phi) is 5.62. The number of methoxy groups -OCH3 is 2. The molecule has 0 aliphatic carbocycles. The molecular formula is C17H20ClNO4S. The normalized spacial score (nSPS) is 11.4. The molecule has 2 rings (SSSR count). The number of halogens is 1. The number of rotatable bonds is 6. The summed E-state index contributed by atoms with van der Waals surface area (Å²) in [4.78, 5) is 0.0678. The molecular weight excluding hydrogens is 350 g/mol. The number of hydrogen-bond donors (Lipinski definition) is 1. The fraction of sp³-hybridized carbons (Fsp3) is 0.294. The fourth-order valence-corrected chi connectivity index (χ4v) is 3.66. The van der Waals surface area contributed by atoms with Crippen LogP contribution in [-0.4, -0.2) is 22.6 Å². The van der Waals surface area contributed by atoms with E-state index in [1.54, 1.807) is 24.3 Å². The second-order valence-electron chi connectivity index (χ2n) is 5.52. The van der Waals surface area contributed by atoms with Crippen molar-refractivity contribution in [3.05, 3.63) is 47.0 Å². The Bertz CT molecular complexity index is 834. The van der Waals surface area contributed by atoms with Crippen molar-refractivity contribution in [1.82, 2.24) is 0 Å². The predicted molar refractivity (Wildman–Crippen MR) is 95.9 cm³/mol. The van der Waals surface area contributed by atoms with Crippen molar-refractivity contribution in [2.75, 3.05) is 18.9 Å². The zero-order valence-corrected chi connectivity index (χ0v) is 15.5. The van der Waals surface area contributed by atoms with Crippen LogP contribution in [0.1, 0.15) is 25.3 Å². The smallest absolute Gasteiger partial charge is 0.265 e. The van der Waals surface area contributed by atoms with Gasteiger partial charge in [0.1, 0.15) is 16.4 Å². The maximum atomic E-state index is 12.8. The van der Waals surface area contributed by atoms with Gasteiger partial charge in [-0.2, -0.15) is 0 Å². The standard InChI is InChI=1S/C17H20ClNO4S/c1-11(2)12-5-7-16(23-4)17(9-12)24(20,21)19-14-10-13(18)6-8-15(14)22-3/h5-11,19H,1-4H3. The minimum absolute atomic E-state index is 0.0678. The Hall–Kier alpha value is -1.92. The van der Waals surface area contributed by atoms with E-state index in [-0.39, 0.29) is 22.3 Å². The molecule has 130 valence electrons. The zero-order valence-electron chi connectivity index (χ0n) is 14.0. The molecule has 1 N–H and O–H groups in total. The molecule has 0 bridgehead atoms. The highest BCUT2D eigenvalue weighted by atomic mass is 35.5. The summed E-state index contributed by atoms with van der Waals surface area (Å²) in [5.74, 6) is 0.834. The van der Waals surface area contributed by atoms with Gasteiger partial charge in [0.15, 0.2) is 0 Å². The maximum absolute atomic E-state index is 12.8. The summed E-state index contributed by atoms with van der Waals surface area (Å²) in [6.07, 6.45) is 0. The molecule has 2 aromatic carbocycles. The summed E-state index contributed by atoms with van der Waals surface area (Å²) in [5, 5.41) is 0.399. The number of anilines is 1. The van der Waals surface area contributed by atoms with E-state index in [0.29, 0.717) is 10.8 Å². The van der Waals surface area contributed by atoms with Gasteiger partial charge in [-0.15, -0.1) is 0 Å². The fourth-order valence-electron chi connectivity index (χ4n) is 2.22. The quantitative estimate of drug-likeness (QED) is 0.825. The minimum Gasteiger partial charge on any atom is -0.495 e. The molecule has 0 aliphatic rings. The molecule has 0 aliphatic heterocycles. The summed E-state index contributed by atoms with van der Waals surface area (Å²) in [6.45, 7) is 3.98. The van der Waals surface area contributed by atoms with Crippen molar-refractivity contribution in [2.24, 2.45) is 0 Å². The first-order valence-electron chi connectivity index (χ1n) is 7.32. The predicted octanol–water partition coefficient (Wildman–Crippen LogP) is 4.28. The van der Waals surface area contributed by atoms with E-state index in [9.17, 15) is 8.42 Å². The Morgan fingerprint density at radius 1 is 1.00 bits per heavy atom. The van der Waals surface area contributed by atoms with E-state index < -0.39 is 10.0 Å². The van der Waals surface area contributed by atoms with Gasteiger partial charge in [-0.1, -0.05) is 31.5 Å². The third kappa shape index (κ3) is 3.94. The summed E-state index contributed by atoms with van der Waals surface area (Å²) in [7, 11) is -0.982. The number of nitrogens with one attached hydrogen (secondary N) is 1. The maximum Gasteiger partial charge on any atom is 0.265 e. The Morgan fingerprint density at radius 3 is 2.21 bits per heavy atom. The van der Waals surface area contributed by atoms with Crippen molar-refractivity contribution < 1.29 is 17.9 Å². The van der Waals surface area contributed by atoms with Gasteiger partial charge in [-0.25, -0.2) is 8.42 Å². The molecule has 0 saturated heterocycles. The minimum atomic E-state index is -3.88. The highest BCUT2D eigenvalue weighted by Crippen LogP contribution is 2.33. The van der Waals surface area contributed by atoms with Crippen molar-refractivity contribution in [3.63, 3.8) is 0 Å². The van der Waals surface area contributed by atoms with Gasteiger partial charge in [-0.3, -0.25) is 4.72 Å². The third-order valence-corrected chi connectivity index (χ3v) is 5.17. The third-order valence-electron chi connectivity index (χ3n) is 3.55. The highest BCUT2D eigenvalue weighted by molar-refractivity contribution is 7.92. The van der Waals surface area contributed by atoms with E-state index in [1.165, 1.54) is 20.3 Å². The van der Waals surface area contributed by atoms with Crippen molar-refractivity contribution in [1.29, 1.82) is 0 Å². The first kappa shape index (κ1) is 18.4. The lowest BCUT2D eigenvalue weighted by molar-refractivity contribution is 0.402. The number of benzene rings is 2. The Labute approximate surface area is 147 Å². The van der Waals surface area contributed by atoms with E-state index >= 15 is 0 Å². The highest BCUT2D eigenvalue weighted by Gasteiger charge is 2.22. The number of ether oxygens (including phenoxy) is 2. The monoisotopic (exact) mass is 369 g/mol. The average Bonchev–Trinajstić information content (AvgIpc) is 2.54. The van der Waals surface area contributed by atoms with Gasteiger partial charge in [0.05, 0.1) is 19.9 Å². The van der Waals surface area contributed by atoms with Gasteiger partial charge >= 0.3 is 0 Å². The molecule has 0 atom stereocenters. The second-order valence-corrected chi connectivity index (χ2v) is 7.60. The Balaban J connectivity index is 2.51. The first-order valence-corrected chi connectivity index (χ1v) is 9.19. The topological polar surface area (TPSA) is 64.6 Å². The molecule has 24 heavy (non-hydrogen) atoms.